The van der Waals surface area contributed by atoms with Crippen molar-refractivity contribution in [2.75, 3.05) is 12.4 Å². The van der Waals surface area contributed by atoms with Crippen LogP contribution in [0.1, 0.15) is 5.56 Å². The van der Waals surface area contributed by atoms with Crippen LogP contribution < -0.4 is 5.32 Å². The van der Waals surface area contributed by atoms with E-state index < -0.39 is 0 Å². The number of fused-ring (bicyclic) bond motifs is 1. The van der Waals surface area contributed by atoms with Crippen molar-refractivity contribution in [1.29, 1.82) is 0 Å². The van der Waals surface area contributed by atoms with Gasteiger partial charge in [0.25, 0.3) is 0 Å². The molecule has 0 saturated carbocycles. The van der Waals surface area contributed by atoms with Crippen molar-refractivity contribution in [1.82, 2.24) is 0 Å². The van der Waals surface area contributed by atoms with E-state index >= 15 is 0 Å². The summed E-state index contributed by atoms with van der Waals surface area (Å²) in [5.41, 5.74) is 2.26. The second-order valence-corrected chi connectivity index (χ2v) is 3.73. The van der Waals surface area contributed by atoms with Crippen LogP contribution in [0.4, 0.5) is 5.69 Å². The molecule has 14 heavy (non-hydrogen) atoms. The summed E-state index contributed by atoms with van der Waals surface area (Å²) in [4.78, 5) is 0. The molecular formula is C12H12ClN. The van der Waals surface area contributed by atoms with Gasteiger partial charge < -0.3 is 5.32 Å². The number of hydrogen-bond donors (Lipinski definition) is 1. The summed E-state index contributed by atoms with van der Waals surface area (Å²) >= 11 is 6.09. The van der Waals surface area contributed by atoms with Crippen molar-refractivity contribution in [3.05, 3.63) is 40.9 Å². The van der Waals surface area contributed by atoms with Crippen LogP contribution in [0.25, 0.3) is 10.8 Å². The maximum atomic E-state index is 6.09. The first-order valence-electron chi connectivity index (χ1n) is 4.59. The fourth-order valence-corrected chi connectivity index (χ4v) is 1.90. The molecule has 1 nitrogen and oxygen atoms in total. The minimum absolute atomic E-state index is 0.820. The Labute approximate surface area is 88.7 Å². The van der Waals surface area contributed by atoms with Crippen molar-refractivity contribution in [2.24, 2.45) is 0 Å². The van der Waals surface area contributed by atoms with Crippen LogP contribution >= 0.6 is 11.6 Å². The molecule has 0 radical (unpaired) electrons. The average molecular weight is 206 g/mol. The maximum absolute atomic E-state index is 6.09. The monoisotopic (exact) mass is 205 g/mol. The molecule has 0 aliphatic heterocycles. The summed E-state index contributed by atoms with van der Waals surface area (Å²) in [6.07, 6.45) is 0. The molecule has 0 spiro atoms. The molecule has 2 heteroatoms. The van der Waals surface area contributed by atoms with Crippen LogP contribution in [0.5, 0.6) is 0 Å². The third kappa shape index (κ3) is 1.34. The fraction of sp³-hybridized carbons (Fsp3) is 0.167. The Morgan fingerprint density at radius 3 is 2.64 bits per heavy atom. The van der Waals surface area contributed by atoms with Gasteiger partial charge in [0.1, 0.15) is 0 Å². The summed E-state index contributed by atoms with van der Waals surface area (Å²) in [5, 5.41) is 6.43. The van der Waals surface area contributed by atoms with E-state index in [1.165, 1.54) is 10.8 Å². The average Bonchev–Trinajstić information content (AvgIpc) is 2.23. The molecule has 0 aromatic heterocycles. The van der Waals surface area contributed by atoms with E-state index in [9.17, 15) is 0 Å². The van der Waals surface area contributed by atoms with E-state index in [2.05, 4.69) is 17.4 Å². The highest BCUT2D eigenvalue weighted by atomic mass is 35.5. The van der Waals surface area contributed by atoms with Crippen molar-refractivity contribution in [2.45, 2.75) is 6.92 Å². The molecule has 0 amide bonds. The fourth-order valence-electron chi connectivity index (χ4n) is 1.74. The zero-order valence-electron chi connectivity index (χ0n) is 8.26. The van der Waals surface area contributed by atoms with E-state index in [1.54, 1.807) is 0 Å². The lowest BCUT2D eigenvalue weighted by molar-refractivity contribution is 1.49. The number of hydrogen-bond acceptors (Lipinski definition) is 1. The SMILES string of the molecule is CNc1cccc2ccc(Cl)c(C)c12. The first kappa shape index (κ1) is 9.35. The third-order valence-electron chi connectivity index (χ3n) is 2.51. The lowest BCUT2D eigenvalue weighted by Crippen LogP contribution is -1.91. The number of anilines is 1. The summed E-state index contributed by atoms with van der Waals surface area (Å²) in [5.74, 6) is 0. The molecular weight excluding hydrogens is 194 g/mol. The Kier molecular flexibility index (Phi) is 2.34. The smallest absolute Gasteiger partial charge is 0.0442 e. The summed E-state index contributed by atoms with van der Waals surface area (Å²) in [6, 6.07) is 10.2. The van der Waals surface area contributed by atoms with E-state index in [-0.39, 0.29) is 0 Å². The van der Waals surface area contributed by atoms with Gasteiger partial charge in [0, 0.05) is 23.1 Å². The maximum Gasteiger partial charge on any atom is 0.0442 e. The van der Waals surface area contributed by atoms with E-state index in [0.29, 0.717) is 0 Å². The molecule has 1 N–H and O–H groups in total. The largest absolute Gasteiger partial charge is 0.388 e. The van der Waals surface area contributed by atoms with Gasteiger partial charge in [-0.1, -0.05) is 29.8 Å². The molecule has 0 heterocycles. The number of halogens is 1. The highest BCUT2D eigenvalue weighted by molar-refractivity contribution is 6.32. The van der Waals surface area contributed by atoms with Gasteiger partial charge in [-0.2, -0.15) is 0 Å². The van der Waals surface area contributed by atoms with Gasteiger partial charge in [-0.05, 0) is 30.0 Å². The molecule has 2 aromatic carbocycles. The summed E-state index contributed by atoms with van der Waals surface area (Å²) in [6.45, 7) is 2.05. The molecule has 0 saturated heterocycles. The first-order valence-corrected chi connectivity index (χ1v) is 4.97. The zero-order valence-corrected chi connectivity index (χ0v) is 9.02. The quantitative estimate of drug-likeness (QED) is 0.746. The molecule has 0 aliphatic carbocycles. The minimum Gasteiger partial charge on any atom is -0.388 e. The normalized spacial score (nSPS) is 10.5. The molecule has 0 bridgehead atoms. The third-order valence-corrected chi connectivity index (χ3v) is 2.92. The molecule has 0 unspecified atom stereocenters. The lowest BCUT2D eigenvalue weighted by Gasteiger charge is -2.09. The van der Waals surface area contributed by atoms with Gasteiger partial charge in [-0.15, -0.1) is 0 Å². The van der Waals surface area contributed by atoms with Gasteiger partial charge in [0.15, 0.2) is 0 Å². The van der Waals surface area contributed by atoms with Crippen molar-refractivity contribution in [3.8, 4) is 0 Å². The second kappa shape index (κ2) is 3.50. The van der Waals surface area contributed by atoms with Crippen molar-refractivity contribution >= 4 is 28.1 Å². The molecule has 0 atom stereocenters. The Morgan fingerprint density at radius 1 is 1.14 bits per heavy atom. The lowest BCUT2D eigenvalue weighted by atomic mass is 10.0. The van der Waals surface area contributed by atoms with Gasteiger partial charge >= 0.3 is 0 Å². The van der Waals surface area contributed by atoms with Gasteiger partial charge in [-0.3, -0.25) is 0 Å². The second-order valence-electron chi connectivity index (χ2n) is 3.33. The number of nitrogens with one attached hydrogen (secondary N) is 1. The predicted octanol–water partition coefficient (Wildman–Crippen LogP) is 3.84. The number of benzene rings is 2. The van der Waals surface area contributed by atoms with E-state index in [1.807, 2.05) is 32.2 Å². The Balaban J connectivity index is 2.89. The predicted molar refractivity (Wildman–Crippen MR) is 63.2 cm³/mol. The molecule has 72 valence electrons. The van der Waals surface area contributed by atoms with Crippen molar-refractivity contribution in [3.63, 3.8) is 0 Å². The van der Waals surface area contributed by atoms with Crippen LogP contribution in [-0.4, -0.2) is 7.05 Å². The standard InChI is InChI=1S/C12H12ClN/c1-8-10(13)7-6-9-4-3-5-11(14-2)12(8)9/h3-7,14H,1-2H3. The van der Waals surface area contributed by atoms with Crippen molar-refractivity contribution < 1.29 is 0 Å². The number of rotatable bonds is 1. The zero-order chi connectivity index (χ0) is 10.1. The van der Waals surface area contributed by atoms with E-state index in [4.69, 9.17) is 11.6 Å². The molecule has 2 aromatic rings. The molecule has 2 rings (SSSR count). The summed E-state index contributed by atoms with van der Waals surface area (Å²) < 4.78 is 0. The topological polar surface area (TPSA) is 12.0 Å². The first-order chi connectivity index (χ1) is 6.74. The summed E-state index contributed by atoms with van der Waals surface area (Å²) in [7, 11) is 1.93. The highest BCUT2D eigenvalue weighted by Gasteiger charge is 2.04. The van der Waals surface area contributed by atoms with Crippen LogP contribution in [0.15, 0.2) is 30.3 Å². The molecule has 0 aliphatic rings. The van der Waals surface area contributed by atoms with Crippen LogP contribution in [0, 0.1) is 6.92 Å². The number of aryl methyl sites for hydroxylation is 1. The van der Waals surface area contributed by atoms with Crippen LogP contribution in [0.3, 0.4) is 0 Å². The Morgan fingerprint density at radius 2 is 1.93 bits per heavy atom. The van der Waals surface area contributed by atoms with Crippen LogP contribution in [-0.2, 0) is 0 Å². The highest BCUT2D eigenvalue weighted by Crippen LogP contribution is 2.30. The van der Waals surface area contributed by atoms with Gasteiger partial charge in [-0.25, -0.2) is 0 Å². The molecule has 0 fully saturated rings. The minimum atomic E-state index is 0.820. The van der Waals surface area contributed by atoms with Gasteiger partial charge in [0.05, 0.1) is 0 Å². The Bertz CT molecular complexity index is 477. The van der Waals surface area contributed by atoms with Crippen LogP contribution in [0.2, 0.25) is 5.02 Å². The Hall–Kier alpha value is -1.21. The van der Waals surface area contributed by atoms with E-state index in [0.717, 1.165) is 16.3 Å². The van der Waals surface area contributed by atoms with Gasteiger partial charge in [0.2, 0.25) is 0 Å².